The molecule has 9 heteroatoms. The minimum absolute atomic E-state index is 0.188. The van der Waals surface area contributed by atoms with Crippen molar-refractivity contribution in [2.24, 2.45) is 0 Å². The molecule has 8 nitrogen and oxygen atoms in total. The van der Waals surface area contributed by atoms with E-state index in [1.54, 1.807) is 36.4 Å². The number of benzene rings is 1. The maximum atomic E-state index is 12.4. The molecule has 1 fully saturated rings. The van der Waals surface area contributed by atoms with E-state index in [0.29, 0.717) is 22.4 Å². The fourth-order valence-corrected chi connectivity index (χ4v) is 3.45. The Morgan fingerprint density at radius 3 is 2.79 bits per heavy atom. The van der Waals surface area contributed by atoms with E-state index in [0.717, 1.165) is 16.7 Å². The number of thioether (sulfide) groups is 1. The Kier molecular flexibility index (Phi) is 4.58. The number of anilines is 1. The van der Waals surface area contributed by atoms with Crippen molar-refractivity contribution in [3.8, 4) is 0 Å². The third kappa shape index (κ3) is 3.60. The highest BCUT2D eigenvalue weighted by Crippen LogP contribution is 2.32. The second-order valence-corrected chi connectivity index (χ2v) is 6.83. The smallest absolute Gasteiger partial charge is 0.336 e. The molecule has 3 amide bonds. The van der Waals surface area contributed by atoms with Crippen LogP contribution in [0.15, 0.2) is 67.3 Å². The number of nitrogens with one attached hydrogen (secondary N) is 1. The number of rotatable bonds is 4. The number of fused-ring (bicyclic) bond motifs is 1. The lowest BCUT2D eigenvalue weighted by atomic mass is 10.2. The number of hydrogen-bond acceptors (Lipinski definition) is 7. The molecule has 1 N–H and O–H groups in total. The highest BCUT2D eigenvalue weighted by molar-refractivity contribution is 8.18. The lowest BCUT2D eigenvalue weighted by molar-refractivity contribution is -0.127. The van der Waals surface area contributed by atoms with Crippen LogP contribution in [0.4, 0.5) is 10.5 Å². The predicted molar refractivity (Wildman–Crippen MR) is 102 cm³/mol. The van der Waals surface area contributed by atoms with E-state index in [4.69, 9.17) is 8.83 Å². The Bertz CT molecular complexity index is 1180. The number of furan rings is 1. The van der Waals surface area contributed by atoms with Crippen molar-refractivity contribution in [3.05, 3.63) is 69.8 Å². The first kappa shape index (κ1) is 17.8. The molecule has 3 aromatic rings. The topological polar surface area (TPSA) is 110 Å². The van der Waals surface area contributed by atoms with Crippen LogP contribution in [0.2, 0.25) is 0 Å². The van der Waals surface area contributed by atoms with Gasteiger partial charge < -0.3 is 14.2 Å². The van der Waals surface area contributed by atoms with Crippen LogP contribution in [0.1, 0.15) is 5.76 Å². The van der Waals surface area contributed by atoms with Crippen molar-refractivity contribution in [2.75, 3.05) is 11.9 Å². The van der Waals surface area contributed by atoms with Gasteiger partial charge in [0.05, 0.1) is 11.2 Å². The van der Waals surface area contributed by atoms with Crippen molar-refractivity contribution in [1.29, 1.82) is 0 Å². The van der Waals surface area contributed by atoms with E-state index in [1.807, 2.05) is 0 Å². The van der Waals surface area contributed by atoms with Crippen LogP contribution in [-0.4, -0.2) is 28.5 Å². The van der Waals surface area contributed by atoms with Gasteiger partial charge in [-0.15, -0.1) is 0 Å². The van der Waals surface area contributed by atoms with Crippen LogP contribution in [-0.2, 0) is 9.59 Å². The second kappa shape index (κ2) is 7.20. The second-order valence-electron chi connectivity index (χ2n) is 5.84. The maximum Gasteiger partial charge on any atom is 0.336 e. The Morgan fingerprint density at radius 2 is 2.00 bits per heavy atom. The van der Waals surface area contributed by atoms with Crippen molar-refractivity contribution in [3.63, 3.8) is 0 Å². The molecule has 0 aliphatic carbocycles. The summed E-state index contributed by atoms with van der Waals surface area (Å²) in [5.41, 5.74) is 0.371. The number of amides is 3. The van der Waals surface area contributed by atoms with Gasteiger partial charge in [-0.2, -0.15) is 0 Å². The largest absolute Gasteiger partial charge is 0.465 e. The van der Waals surface area contributed by atoms with E-state index < -0.39 is 29.2 Å². The Morgan fingerprint density at radius 1 is 1.14 bits per heavy atom. The number of nitrogens with zero attached hydrogens (tertiary/aromatic N) is 1. The van der Waals surface area contributed by atoms with Gasteiger partial charge in [0.2, 0.25) is 5.91 Å². The molecular formula is C19H12N2O6S. The zero-order chi connectivity index (χ0) is 19.7. The molecule has 3 heterocycles. The van der Waals surface area contributed by atoms with Gasteiger partial charge in [-0.1, -0.05) is 0 Å². The SMILES string of the molecule is O=C(CN1C(=O)SC(=Cc2ccco2)C1=O)Nc1ccc2oc(=O)ccc2c1. The van der Waals surface area contributed by atoms with Gasteiger partial charge in [-0.25, -0.2) is 4.79 Å². The normalized spacial score (nSPS) is 15.6. The fraction of sp³-hybridized carbons (Fsp3) is 0.0526. The molecule has 0 spiro atoms. The summed E-state index contributed by atoms with van der Waals surface area (Å²) in [6.07, 6.45) is 2.91. The highest BCUT2D eigenvalue weighted by Gasteiger charge is 2.36. The van der Waals surface area contributed by atoms with Crippen molar-refractivity contribution >= 4 is 51.5 Å². The summed E-state index contributed by atoms with van der Waals surface area (Å²) in [6.45, 7) is -0.415. The molecule has 28 heavy (non-hydrogen) atoms. The Balaban J connectivity index is 1.46. The quantitative estimate of drug-likeness (QED) is 0.533. The summed E-state index contributed by atoms with van der Waals surface area (Å²) in [6, 6.07) is 10.9. The van der Waals surface area contributed by atoms with E-state index in [9.17, 15) is 19.2 Å². The molecule has 4 rings (SSSR count). The molecule has 1 aromatic carbocycles. The standard InChI is InChI=1S/C19H12N2O6S/c22-16(20-12-4-5-14-11(8-12)3-6-17(23)27-14)10-21-18(24)15(28-19(21)25)9-13-2-1-7-26-13/h1-9H,10H2,(H,20,22). The first-order valence-electron chi connectivity index (χ1n) is 8.12. The summed E-state index contributed by atoms with van der Waals surface area (Å²) in [5.74, 6) is -0.641. The molecular weight excluding hydrogens is 384 g/mol. The van der Waals surface area contributed by atoms with Crippen LogP contribution >= 0.6 is 11.8 Å². The third-order valence-corrected chi connectivity index (χ3v) is 4.80. The van der Waals surface area contributed by atoms with Crippen molar-refractivity contribution in [2.45, 2.75) is 0 Å². The third-order valence-electron chi connectivity index (χ3n) is 3.89. The van der Waals surface area contributed by atoms with Gasteiger partial charge in [-0.05, 0) is 48.2 Å². The van der Waals surface area contributed by atoms with E-state index in [2.05, 4.69) is 5.32 Å². The predicted octanol–water partition coefficient (Wildman–Crippen LogP) is 3.06. The zero-order valence-corrected chi connectivity index (χ0v) is 15.0. The summed E-state index contributed by atoms with van der Waals surface area (Å²) in [7, 11) is 0. The molecule has 140 valence electrons. The lowest BCUT2D eigenvalue weighted by Gasteiger charge is -2.12. The number of imide groups is 1. The van der Waals surface area contributed by atoms with Crippen LogP contribution < -0.4 is 10.9 Å². The molecule has 0 radical (unpaired) electrons. The van der Waals surface area contributed by atoms with Crippen molar-refractivity contribution < 1.29 is 23.2 Å². The summed E-state index contributed by atoms with van der Waals surface area (Å²) >= 11 is 0.748. The minimum atomic E-state index is -0.554. The van der Waals surface area contributed by atoms with Gasteiger partial charge in [0.15, 0.2) is 0 Å². The fourth-order valence-electron chi connectivity index (χ4n) is 2.63. The Labute approximate surface area is 161 Å². The molecule has 0 atom stereocenters. The summed E-state index contributed by atoms with van der Waals surface area (Å²) in [4.78, 5) is 49.0. The first-order chi connectivity index (χ1) is 13.5. The minimum Gasteiger partial charge on any atom is -0.465 e. The highest BCUT2D eigenvalue weighted by atomic mass is 32.2. The zero-order valence-electron chi connectivity index (χ0n) is 14.2. The van der Waals surface area contributed by atoms with Gasteiger partial charge in [0.25, 0.3) is 11.1 Å². The van der Waals surface area contributed by atoms with Crippen LogP contribution in [0.25, 0.3) is 17.0 Å². The van der Waals surface area contributed by atoms with Gasteiger partial charge in [0, 0.05) is 23.2 Å². The molecule has 0 bridgehead atoms. The van der Waals surface area contributed by atoms with Crippen LogP contribution in [0.3, 0.4) is 0 Å². The molecule has 1 aliphatic rings. The molecule has 0 unspecified atom stereocenters. The van der Waals surface area contributed by atoms with Gasteiger partial charge in [-0.3, -0.25) is 19.3 Å². The summed E-state index contributed by atoms with van der Waals surface area (Å²) in [5, 5.41) is 2.73. The average Bonchev–Trinajstić information content (AvgIpc) is 3.26. The molecule has 2 aromatic heterocycles. The molecule has 1 saturated heterocycles. The molecule has 0 saturated carbocycles. The summed E-state index contributed by atoms with van der Waals surface area (Å²) < 4.78 is 10.2. The van der Waals surface area contributed by atoms with Crippen molar-refractivity contribution in [1.82, 2.24) is 4.90 Å². The van der Waals surface area contributed by atoms with Gasteiger partial charge >= 0.3 is 5.63 Å². The van der Waals surface area contributed by atoms with Gasteiger partial charge in [0.1, 0.15) is 17.9 Å². The number of carbonyl (C=O) groups is 3. The maximum absolute atomic E-state index is 12.4. The molecule has 1 aliphatic heterocycles. The van der Waals surface area contributed by atoms with E-state index >= 15 is 0 Å². The Hall–Kier alpha value is -3.59. The van der Waals surface area contributed by atoms with E-state index in [1.165, 1.54) is 18.4 Å². The lowest BCUT2D eigenvalue weighted by Crippen LogP contribution is -2.36. The van der Waals surface area contributed by atoms with Crippen LogP contribution in [0, 0.1) is 0 Å². The average molecular weight is 396 g/mol. The van der Waals surface area contributed by atoms with E-state index in [-0.39, 0.29) is 4.91 Å². The number of carbonyl (C=O) groups excluding carboxylic acids is 3. The number of hydrogen-bond donors (Lipinski definition) is 1. The monoisotopic (exact) mass is 396 g/mol. The van der Waals surface area contributed by atoms with Crippen LogP contribution in [0.5, 0.6) is 0 Å². The first-order valence-corrected chi connectivity index (χ1v) is 8.94.